The first-order valence-corrected chi connectivity index (χ1v) is 6.80. The SMILES string of the molecule is Nc1cc(C(=O)NC2Cc3ccccc3C2)cc(Cl)n1. The van der Waals surface area contributed by atoms with Crippen molar-refractivity contribution in [1.82, 2.24) is 10.3 Å². The zero-order valence-electron chi connectivity index (χ0n) is 10.8. The Hall–Kier alpha value is -2.07. The quantitative estimate of drug-likeness (QED) is 0.832. The third-order valence-electron chi connectivity index (χ3n) is 3.46. The molecule has 1 amide bonds. The van der Waals surface area contributed by atoms with E-state index in [1.807, 2.05) is 12.1 Å². The van der Waals surface area contributed by atoms with Crippen molar-refractivity contribution in [2.45, 2.75) is 18.9 Å². The largest absolute Gasteiger partial charge is 0.384 e. The van der Waals surface area contributed by atoms with Gasteiger partial charge in [-0.05, 0) is 36.1 Å². The number of aromatic nitrogens is 1. The van der Waals surface area contributed by atoms with Crippen LogP contribution in [0.15, 0.2) is 36.4 Å². The Bertz CT molecular complexity index is 627. The van der Waals surface area contributed by atoms with Crippen LogP contribution < -0.4 is 11.1 Å². The standard InChI is InChI=1S/C15H14ClN3O/c16-13-7-11(8-14(17)19-13)15(20)18-12-5-9-3-1-2-4-10(9)6-12/h1-4,7-8,12H,5-6H2,(H2,17,19)(H,18,20). The van der Waals surface area contributed by atoms with E-state index in [1.54, 1.807) is 0 Å². The van der Waals surface area contributed by atoms with Gasteiger partial charge in [-0.25, -0.2) is 4.98 Å². The molecule has 0 spiro atoms. The molecule has 5 heteroatoms. The van der Waals surface area contributed by atoms with Crippen molar-refractivity contribution in [2.24, 2.45) is 0 Å². The van der Waals surface area contributed by atoms with E-state index >= 15 is 0 Å². The summed E-state index contributed by atoms with van der Waals surface area (Å²) in [5, 5.41) is 3.24. The number of rotatable bonds is 2. The van der Waals surface area contributed by atoms with Gasteiger partial charge in [-0.2, -0.15) is 0 Å². The molecule has 3 N–H and O–H groups in total. The van der Waals surface area contributed by atoms with Gasteiger partial charge in [0.15, 0.2) is 0 Å². The first-order chi connectivity index (χ1) is 9.61. The fourth-order valence-corrected chi connectivity index (χ4v) is 2.79. The van der Waals surface area contributed by atoms with Gasteiger partial charge in [0, 0.05) is 11.6 Å². The molecule has 0 saturated heterocycles. The van der Waals surface area contributed by atoms with Crippen LogP contribution in [0.5, 0.6) is 0 Å². The number of nitrogens with one attached hydrogen (secondary N) is 1. The minimum absolute atomic E-state index is 0.119. The van der Waals surface area contributed by atoms with Crippen LogP contribution in [0.4, 0.5) is 5.82 Å². The zero-order chi connectivity index (χ0) is 14.1. The highest BCUT2D eigenvalue weighted by molar-refractivity contribution is 6.29. The summed E-state index contributed by atoms with van der Waals surface area (Å²) in [6, 6.07) is 11.4. The summed E-state index contributed by atoms with van der Waals surface area (Å²) >= 11 is 5.81. The number of hydrogen-bond acceptors (Lipinski definition) is 3. The molecule has 0 unspecified atom stereocenters. The van der Waals surface area contributed by atoms with Crippen molar-refractivity contribution in [2.75, 3.05) is 5.73 Å². The summed E-state index contributed by atoms with van der Waals surface area (Å²) in [5.74, 6) is 0.0798. The first kappa shape index (κ1) is 12.9. The highest BCUT2D eigenvalue weighted by Crippen LogP contribution is 2.22. The third kappa shape index (κ3) is 2.60. The number of carbonyl (C=O) groups excluding carboxylic acids is 1. The molecule has 0 saturated carbocycles. The van der Waals surface area contributed by atoms with Gasteiger partial charge in [-0.3, -0.25) is 4.79 Å². The van der Waals surface area contributed by atoms with Gasteiger partial charge < -0.3 is 11.1 Å². The van der Waals surface area contributed by atoms with E-state index in [9.17, 15) is 4.79 Å². The van der Waals surface area contributed by atoms with Crippen molar-refractivity contribution < 1.29 is 4.79 Å². The van der Waals surface area contributed by atoms with Crippen LogP contribution in [-0.4, -0.2) is 16.9 Å². The minimum atomic E-state index is -0.168. The van der Waals surface area contributed by atoms with Crippen LogP contribution in [0.2, 0.25) is 5.15 Å². The second kappa shape index (κ2) is 5.13. The highest BCUT2D eigenvalue weighted by atomic mass is 35.5. The number of pyridine rings is 1. The molecule has 1 aliphatic carbocycles. The molecule has 2 aromatic rings. The zero-order valence-corrected chi connectivity index (χ0v) is 11.5. The molecule has 0 fully saturated rings. The van der Waals surface area contributed by atoms with Crippen LogP contribution in [0.3, 0.4) is 0 Å². The molecule has 3 rings (SSSR count). The van der Waals surface area contributed by atoms with Crippen LogP contribution in [0, 0.1) is 0 Å². The van der Waals surface area contributed by atoms with E-state index in [1.165, 1.54) is 23.3 Å². The van der Waals surface area contributed by atoms with Crippen LogP contribution >= 0.6 is 11.6 Å². The lowest BCUT2D eigenvalue weighted by Gasteiger charge is -2.12. The molecule has 0 aliphatic heterocycles. The number of fused-ring (bicyclic) bond motifs is 1. The number of benzene rings is 1. The monoisotopic (exact) mass is 287 g/mol. The predicted octanol–water partition coefficient (Wildman–Crippen LogP) is 2.21. The Balaban J connectivity index is 1.72. The third-order valence-corrected chi connectivity index (χ3v) is 3.66. The summed E-state index contributed by atoms with van der Waals surface area (Å²) in [6.07, 6.45) is 1.71. The van der Waals surface area contributed by atoms with Crippen LogP contribution in [0.1, 0.15) is 21.5 Å². The lowest BCUT2D eigenvalue weighted by molar-refractivity contribution is 0.0938. The molecule has 1 aromatic carbocycles. The maximum Gasteiger partial charge on any atom is 0.251 e. The molecular weight excluding hydrogens is 274 g/mol. The molecule has 0 bridgehead atoms. The lowest BCUT2D eigenvalue weighted by atomic mass is 10.1. The molecule has 0 radical (unpaired) electrons. The van der Waals surface area contributed by atoms with Gasteiger partial charge in [-0.1, -0.05) is 35.9 Å². The van der Waals surface area contributed by atoms with Gasteiger partial charge in [0.25, 0.3) is 5.91 Å². The average molecular weight is 288 g/mol. The van der Waals surface area contributed by atoms with E-state index in [0.29, 0.717) is 5.56 Å². The fourth-order valence-electron chi connectivity index (χ4n) is 2.58. The van der Waals surface area contributed by atoms with E-state index in [-0.39, 0.29) is 22.9 Å². The molecule has 1 heterocycles. The average Bonchev–Trinajstić information content (AvgIpc) is 2.79. The molecule has 20 heavy (non-hydrogen) atoms. The number of nitrogens with zero attached hydrogens (tertiary/aromatic N) is 1. The highest BCUT2D eigenvalue weighted by Gasteiger charge is 2.23. The minimum Gasteiger partial charge on any atom is -0.384 e. The Morgan fingerprint density at radius 1 is 1.25 bits per heavy atom. The van der Waals surface area contributed by atoms with E-state index in [4.69, 9.17) is 17.3 Å². The van der Waals surface area contributed by atoms with Crippen molar-refractivity contribution in [3.63, 3.8) is 0 Å². The number of nitrogen functional groups attached to an aromatic ring is 1. The summed E-state index contributed by atoms with van der Waals surface area (Å²) in [5.41, 5.74) is 8.63. The summed E-state index contributed by atoms with van der Waals surface area (Å²) < 4.78 is 0. The Kier molecular flexibility index (Phi) is 3.32. The Morgan fingerprint density at radius 2 is 1.90 bits per heavy atom. The normalized spacial score (nSPS) is 14.1. The Morgan fingerprint density at radius 3 is 2.50 bits per heavy atom. The van der Waals surface area contributed by atoms with Gasteiger partial charge in [0.2, 0.25) is 0 Å². The van der Waals surface area contributed by atoms with Crippen molar-refractivity contribution in [1.29, 1.82) is 0 Å². The second-order valence-corrected chi connectivity index (χ2v) is 5.34. The fraction of sp³-hybridized carbons (Fsp3) is 0.200. The van der Waals surface area contributed by atoms with E-state index < -0.39 is 0 Å². The number of amides is 1. The number of carbonyl (C=O) groups is 1. The van der Waals surface area contributed by atoms with Crippen molar-refractivity contribution >= 4 is 23.3 Å². The van der Waals surface area contributed by atoms with Gasteiger partial charge in [0.1, 0.15) is 11.0 Å². The molecule has 0 atom stereocenters. The number of nitrogens with two attached hydrogens (primary N) is 1. The number of anilines is 1. The van der Waals surface area contributed by atoms with Crippen LogP contribution in [-0.2, 0) is 12.8 Å². The van der Waals surface area contributed by atoms with Gasteiger partial charge in [0.05, 0.1) is 0 Å². The molecule has 1 aromatic heterocycles. The van der Waals surface area contributed by atoms with E-state index in [0.717, 1.165) is 12.8 Å². The predicted molar refractivity (Wildman–Crippen MR) is 78.8 cm³/mol. The molecule has 1 aliphatic rings. The maximum absolute atomic E-state index is 12.2. The maximum atomic E-state index is 12.2. The van der Waals surface area contributed by atoms with Gasteiger partial charge >= 0.3 is 0 Å². The Labute approximate surface area is 122 Å². The molecular formula is C15H14ClN3O. The lowest BCUT2D eigenvalue weighted by Crippen LogP contribution is -2.35. The second-order valence-electron chi connectivity index (χ2n) is 4.95. The first-order valence-electron chi connectivity index (χ1n) is 6.42. The molecule has 4 nitrogen and oxygen atoms in total. The summed E-state index contributed by atoms with van der Waals surface area (Å²) in [6.45, 7) is 0. The van der Waals surface area contributed by atoms with Crippen molar-refractivity contribution in [3.8, 4) is 0 Å². The van der Waals surface area contributed by atoms with E-state index in [2.05, 4.69) is 22.4 Å². The number of hydrogen-bond donors (Lipinski definition) is 2. The van der Waals surface area contributed by atoms with Crippen LogP contribution in [0.25, 0.3) is 0 Å². The summed E-state index contributed by atoms with van der Waals surface area (Å²) in [4.78, 5) is 16.0. The summed E-state index contributed by atoms with van der Waals surface area (Å²) in [7, 11) is 0. The van der Waals surface area contributed by atoms with Crippen molar-refractivity contribution in [3.05, 3.63) is 58.2 Å². The number of halogens is 1. The topological polar surface area (TPSA) is 68.0 Å². The smallest absolute Gasteiger partial charge is 0.251 e. The van der Waals surface area contributed by atoms with Gasteiger partial charge in [-0.15, -0.1) is 0 Å². The molecule has 102 valence electrons.